The number of rotatable bonds is 5. The van der Waals surface area contributed by atoms with Crippen molar-refractivity contribution in [2.75, 3.05) is 58.3 Å². The molecule has 1 aliphatic heterocycles. The lowest BCUT2D eigenvalue weighted by molar-refractivity contribution is 0.0947. The first-order valence-corrected chi connectivity index (χ1v) is 7.91. The molecular weight excluding hydrogens is 334 g/mol. The highest BCUT2D eigenvalue weighted by Gasteiger charge is 2.15. The van der Waals surface area contributed by atoms with Gasteiger partial charge in [-0.15, -0.1) is 0 Å². The van der Waals surface area contributed by atoms with Gasteiger partial charge in [0.15, 0.2) is 0 Å². The predicted molar refractivity (Wildman–Crippen MR) is 87.9 cm³/mol. The maximum atomic E-state index is 12.3. The lowest BCUT2D eigenvalue weighted by Gasteiger charge is -2.27. The maximum absolute atomic E-state index is 12.3. The third-order valence-electron chi connectivity index (χ3n) is 3.42. The van der Waals surface area contributed by atoms with Crippen molar-refractivity contribution in [1.29, 1.82) is 0 Å². The van der Waals surface area contributed by atoms with E-state index in [2.05, 4.69) is 36.4 Å². The second-order valence-electron chi connectivity index (χ2n) is 5.27. The standard InChI is InChI=1S/C14H22BrN5O/c1-19(2)13-12(9-11(15)10-18-13)14(21)17-5-8-20-6-3-16-4-7-20/h9-10,16H,3-8H2,1-2H3,(H,17,21). The summed E-state index contributed by atoms with van der Waals surface area (Å²) >= 11 is 3.37. The van der Waals surface area contributed by atoms with E-state index in [1.54, 1.807) is 6.20 Å². The van der Waals surface area contributed by atoms with Gasteiger partial charge in [0, 0.05) is 64.0 Å². The molecule has 0 atom stereocenters. The number of nitrogens with one attached hydrogen (secondary N) is 2. The molecule has 0 bridgehead atoms. The Kier molecular flexibility index (Phi) is 5.96. The Morgan fingerprint density at radius 3 is 2.86 bits per heavy atom. The predicted octanol–water partition coefficient (Wildman–Crippen LogP) is 0.545. The fourth-order valence-electron chi connectivity index (χ4n) is 2.31. The zero-order valence-corrected chi connectivity index (χ0v) is 14.1. The van der Waals surface area contributed by atoms with Gasteiger partial charge in [-0.05, 0) is 22.0 Å². The molecule has 6 nitrogen and oxygen atoms in total. The van der Waals surface area contributed by atoms with Crippen molar-refractivity contribution in [3.63, 3.8) is 0 Å². The minimum absolute atomic E-state index is 0.0809. The van der Waals surface area contributed by atoms with Gasteiger partial charge in [-0.25, -0.2) is 4.98 Å². The van der Waals surface area contributed by atoms with E-state index >= 15 is 0 Å². The number of halogens is 1. The van der Waals surface area contributed by atoms with Crippen molar-refractivity contribution in [3.8, 4) is 0 Å². The van der Waals surface area contributed by atoms with Crippen molar-refractivity contribution >= 4 is 27.7 Å². The monoisotopic (exact) mass is 355 g/mol. The van der Waals surface area contributed by atoms with Crippen LogP contribution in [-0.4, -0.2) is 69.2 Å². The van der Waals surface area contributed by atoms with Crippen LogP contribution in [-0.2, 0) is 0 Å². The van der Waals surface area contributed by atoms with E-state index in [4.69, 9.17) is 0 Å². The van der Waals surface area contributed by atoms with Crippen LogP contribution in [0.4, 0.5) is 5.82 Å². The normalized spacial score (nSPS) is 15.8. The molecule has 1 fully saturated rings. The molecule has 0 saturated carbocycles. The Balaban J connectivity index is 1.92. The minimum Gasteiger partial charge on any atom is -0.362 e. The molecule has 2 N–H and O–H groups in total. The molecule has 1 amide bonds. The average Bonchev–Trinajstić information content (AvgIpc) is 2.47. The van der Waals surface area contributed by atoms with Crippen LogP contribution < -0.4 is 15.5 Å². The number of pyridine rings is 1. The van der Waals surface area contributed by atoms with Crippen molar-refractivity contribution < 1.29 is 4.79 Å². The summed E-state index contributed by atoms with van der Waals surface area (Å²) in [6.45, 7) is 5.65. The smallest absolute Gasteiger partial charge is 0.255 e. The largest absolute Gasteiger partial charge is 0.362 e. The Morgan fingerprint density at radius 2 is 2.19 bits per heavy atom. The third-order valence-corrected chi connectivity index (χ3v) is 3.86. The molecule has 1 aliphatic rings. The van der Waals surface area contributed by atoms with Crippen LogP contribution in [0.5, 0.6) is 0 Å². The lowest BCUT2D eigenvalue weighted by Crippen LogP contribution is -2.46. The van der Waals surface area contributed by atoms with Crippen LogP contribution in [0.1, 0.15) is 10.4 Å². The molecule has 0 aromatic carbocycles. The highest BCUT2D eigenvalue weighted by molar-refractivity contribution is 9.10. The number of aromatic nitrogens is 1. The number of hydrogen-bond donors (Lipinski definition) is 2. The molecule has 1 saturated heterocycles. The molecular formula is C14H22BrN5O. The second kappa shape index (κ2) is 7.72. The number of hydrogen-bond acceptors (Lipinski definition) is 5. The zero-order chi connectivity index (χ0) is 15.2. The number of piperazine rings is 1. The van der Waals surface area contributed by atoms with Crippen molar-refractivity contribution in [1.82, 2.24) is 20.5 Å². The van der Waals surface area contributed by atoms with E-state index in [0.717, 1.165) is 37.2 Å². The fraction of sp³-hybridized carbons (Fsp3) is 0.571. The van der Waals surface area contributed by atoms with Gasteiger partial charge < -0.3 is 15.5 Å². The lowest BCUT2D eigenvalue weighted by atomic mass is 10.2. The first kappa shape index (κ1) is 16.2. The zero-order valence-electron chi connectivity index (χ0n) is 12.5. The van der Waals surface area contributed by atoms with Crippen molar-refractivity contribution in [2.45, 2.75) is 0 Å². The highest BCUT2D eigenvalue weighted by Crippen LogP contribution is 2.19. The topological polar surface area (TPSA) is 60.5 Å². The Morgan fingerprint density at radius 1 is 1.48 bits per heavy atom. The summed E-state index contributed by atoms with van der Waals surface area (Å²) in [4.78, 5) is 20.8. The Bertz CT molecular complexity index is 488. The molecule has 0 aliphatic carbocycles. The quantitative estimate of drug-likeness (QED) is 0.807. The average molecular weight is 356 g/mol. The van der Waals surface area contributed by atoms with Crippen LogP contribution >= 0.6 is 15.9 Å². The number of carbonyl (C=O) groups is 1. The van der Waals surface area contributed by atoms with Crippen LogP contribution in [0.2, 0.25) is 0 Å². The first-order valence-electron chi connectivity index (χ1n) is 7.12. The van der Waals surface area contributed by atoms with Gasteiger partial charge in [-0.1, -0.05) is 0 Å². The van der Waals surface area contributed by atoms with Gasteiger partial charge in [0.2, 0.25) is 0 Å². The molecule has 1 aromatic rings. The molecule has 0 spiro atoms. The molecule has 0 radical (unpaired) electrons. The van der Waals surface area contributed by atoms with Crippen LogP contribution in [0, 0.1) is 0 Å². The van der Waals surface area contributed by atoms with Gasteiger partial charge in [-0.2, -0.15) is 0 Å². The number of amides is 1. The van der Waals surface area contributed by atoms with E-state index in [0.29, 0.717) is 17.9 Å². The number of anilines is 1. The van der Waals surface area contributed by atoms with Crippen LogP contribution in [0.25, 0.3) is 0 Å². The van der Waals surface area contributed by atoms with Crippen molar-refractivity contribution in [2.24, 2.45) is 0 Å². The van der Waals surface area contributed by atoms with Gasteiger partial charge in [0.25, 0.3) is 5.91 Å². The summed E-state index contributed by atoms with van der Waals surface area (Å²) in [6.07, 6.45) is 1.70. The van der Waals surface area contributed by atoms with Gasteiger partial charge in [0.1, 0.15) is 5.82 Å². The van der Waals surface area contributed by atoms with Crippen molar-refractivity contribution in [3.05, 3.63) is 22.3 Å². The molecule has 2 heterocycles. The van der Waals surface area contributed by atoms with E-state index in [-0.39, 0.29) is 5.91 Å². The third kappa shape index (κ3) is 4.66. The van der Waals surface area contributed by atoms with E-state index in [1.165, 1.54) is 0 Å². The summed E-state index contributed by atoms with van der Waals surface area (Å²) in [5.74, 6) is 0.598. The summed E-state index contributed by atoms with van der Waals surface area (Å²) in [5.41, 5.74) is 0.592. The van der Waals surface area contributed by atoms with Gasteiger partial charge in [-0.3, -0.25) is 9.69 Å². The van der Waals surface area contributed by atoms with E-state index in [9.17, 15) is 4.79 Å². The molecule has 7 heteroatoms. The first-order chi connectivity index (χ1) is 10.1. The summed E-state index contributed by atoms with van der Waals surface area (Å²) in [6, 6.07) is 1.81. The van der Waals surface area contributed by atoms with Crippen LogP contribution in [0.15, 0.2) is 16.7 Å². The van der Waals surface area contributed by atoms with E-state index < -0.39 is 0 Å². The van der Waals surface area contributed by atoms with Crippen LogP contribution in [0.3, 0.4) is 0 Å². The molecule has 21 heavy (non-hydrogen) atoms. The minimum atomic E-state index is -0.0809. The Hall–Kier alpha value is -1.18. The second-order valence-corrected chi connectivity index (χ2v) is 6.18. The highest BCUT2D eigenvalue weighted by atomic mass is 79.9. The molecule has 116 valence electrons. The number of nitrogens with zero attached hydrogens (tertiary/aromatic N) is 3. The summed E-state index contributed by atoms with van der Waals surface area (Å²) in [7, 11) is 3.77. The Labute approximate surface area is 134 Å². The van der Waals surface area contributed by atoms with Gasteiger partial charge >= 0.3 is 0 Å². The number of carbonyl (C=O) groups excluding carboxylic acids is 1. The fourth-order valence-corrected chi connectivity index (χ4v) is 2.64. The summed E-state index contributed by atoms with van der Waals surface area (Å²) in [5, 5.41) is 6.30. The molecule has 1 aromatic heterocycles. The SMILES string of the molecule is CN(C)c1ncc(Br)cc1C(=O)NCCN1CCNCC1. The summed E-state index contributed by atoms with van der Waals surface area (Å²) < 4.78 is 0.806. The maximum Gasteiger partial charge on any atom is 0.255 e. The molecule has 2 rings (SSSR count). The van der Waals surface area contributed by atoms with Gasteiger partial charge in [0.05, 0.1) is 5.56 Å². The van der Waals surface area contributed by atoms with E-state index in [1.807, 2.05) is 25.1 Å². The molecule has 0 unspecified atom stereocenters.